The third-order valence-electron chi connectivity index (χ3n) is 3.09. The first-order chi connectivity index (χ1) is 8.87. The van der Waals surface area contributed by atoms with Crippen molar-refractivity contribution in [1.82, 2.24) is 5.32 Å². The molecule has 0 bridgehead atoms. The summed E-state index contributed by atoms with van der Waals surface area (Å²) >= 11 is 3.14. The molecule has 0 saturated carbocycles. The van der Waals surface area contributed by atoms with E-state index >= 15 is 0 Å². The van der Waals surface area contributed by atoms with Crippen molar-refractivity contribution in [1.29, 1.82) is 0 Å². The van der Waals surface area contributed by atoms with Crippen LogP contribution in [-0.2, 0) is 9.84 Å². The van der Waals surface area contributed by atoms with Crippen LogP contribution in [0.15, 0.2) is 22.7 Å². The second-order valence-corrected chi connectivity index (χ2v) is 7.73. The summed E-state index contributed by atoms with van der Waals surface area (Å²) in [5.41, 5.74) is 0.349. The Kier molecular flexibility index (Phi) is 4.15. The summed E-state index contributed by atoms with van der Waals surface area (Å²) < 4.78 is 23.1. The summed E-state index contributed by atoms with van der Waals surface area (Å²) in [6.07, 6.45) is 0.591. The molecule has 1 saturated heterocycles. The number of hydrogen-bond acceptors (Lipinski definition) is 4. The fourth-order valence-corrected chi connectivity index (χ4v) is 4.13. The molecule has 1 unspecified atom stereocenters. The molecule has 1 aliphatic rings. The number of amides is 1. The van der Waals surface area contributed by atoms with Gasteiger partial charge in [-0.05, 0) is 46.5 Å². The van der Waals surface area contributed by atoms with Crippen molar-refractivity contribution in [2.24, 2.45) is 5.92 Å². The highest BCUT2D eigenvalue weighted by Gasteiger charge is 2.27. The molecule has 0 aliphatic carbocycles. The topological polar surface area (TPSA) is 83.5 Å². The first-order valence-corrected chi connectivity index (χ1v) is 8.46. The molecule has 0 radical (unpaired) electrons. The second-order valence-electron chi connectivity index (χ2n) is 4.65. The standard InChI is InChI=1S/C12H14BrNO4S/c13-10-2-1-9(5-11(10)15)12(16)14-6-8-3-4-19(17,18)7-8/h1-2,5,8,15H,3-4,6-7H2,(H,14,16). The Morgan fingerprint density at radius 3 is 2.79 bits per heavy atom. The summed E-state index contributed by atoms with van der Waals surface area (Å²) in [7, 11) is -2.92. The van der Waals surface area contributed by atoms with Crippen molar-refractivity contribution in [3.8, 4) is 5.75 Å². The number of aromatic hydroxyl groups is 1. The Labute approximate surface area is 120 Å². The SMILES string of the molecule is O=C(NCC1CCS(=O)(=O)C1)c1ccc(Br)c(O)c1. The molecule has 1 atom stereocenters. The third kappa shape index (κ3) is 3.70. The van der Waals surface area contributed by atoms with E-state index in [4.69, 9.17) is 0 Å². The number of benzene rings is 1. The third-order valence-corrected chi connectivity index (χ3v) is 5.59. The maximum absolute atomic E-state index is 11.8. The first kappa shape index (κ1) is 14.3. The minimum absolute atomic E-state index is 0.00362. The molecule has 1 aliphatic heterocycles. The van der Waals surface area contributed by atoms with E-state index < -0.39 is 9.84 Å². The van der Waals surface area contributed by atoms with Crippen LogP contribution in [0.4, 0.5) is 0 Å². The van der Waals surface area contributed by atoms with Gasteiger partial charge in [0.15, 0.2) is 9.84 Å². The summed E-state index contributed by atoms with van der Waals surface area (Å²) in [5.74, 6) is 0.00653. The Balaban J connectivity index is 1.93. The molecule has 1 aromatic rings. The molecular weight excluding hydrogens is 334 g/mol. The predicted molar refractivity (Wildman–Crippen MR) is 74.9 cm³/mol. The van der Waals surface area contributed by atoms with Crippen molar-refractivity contribution in [2.75, 3.05) is 18.1 Å². The van der Waals surface area contributed by atoms with Crippen LogP contribution < -0.4 is 5.32 Å². The van der Waals surface area contributed by atoms with Crippen LogP contribution in [-0.4, -0.2) is 37.5 Å². The first-order valence-electron chi connectivity index (χ1n) is 5.84. The minimum atomic E-state index is -2.92. The van der Waals surface area contributed by atoms with Crippen LogP contribution in [0.25, 0.3) is 0 Å². The number of sulfone groups is 1. The van der Waals surface area contributed by atoms with E-state index in [1.54, 1.807) is 12.1 Å². The fourth-order valence-electron chi connectivity index (χ4n) is 2.03. The molecule has 2 N–H and O–H groups in total. The van der Waals surface area contributed by atoms with Crippen molar-refractivity contribution >= 4 is 31.7 Å². The number of carbonyl (C=O) groups excluding carboxylic acids is 1. The number of phenols is 1. The molecule has 1 fully saturated rings. The molecule has 0 spiro atoms. The lowest BCUT2D eigenvalue weighted by Gasteiger charge is -2.10. The van der Waals surface area contributed by atoms with E-state index in [0.29, 0.717) is 23.0 Å². The smallest absolute Gasteiger partial charge is 0.251 e. The van der Waals surface area contributed by atoms with Gasteiger partial charge in [0.1, 0.15) is 5.75 Å². The number of halogens is 1. The van der Waals surface area contributed by atoms with Crippen LogP contribution in [0, 0.1) is 5.92 Å². The summed E-state index contributed by atoms with van der Waals surface area (Å²) in [5, 5.41) is 12.2. The molecule has 2 rings (SSSR count). The summed E-state index contributed by atoms with van der Waals surface area (Å²) in [6, 6.07) is 4.54. The average Bonchev–Trinajstić information content (AvgIpc) is 2.69. The largest absolute Gasteiger partial charge is 0.507 e. The Bertz CT molecular complexity index is 600. The molecular formula is C12H14BrNO4S. The lowest BCUT2D eigenvalue weighted by Crippen LogP contribution is -2.29. The van der Waals surface area contributed by atoms with E-state index in [1.165, 1.54) is 6.07 Å². The van der Waals surface area contributed by atoms with Gasteiger partial charge < -0.3 is 10.4 Å². The molecule has 1 aromatic carbocycles. The maximum Gasteiger partial charge on any atom is 0.251 e. The summed E-state index contributed by atoms with van der Waals surface area (Å²) in [6.45, 7) is 0.342. The van der Waals surface area contributed by atoms with Crippen molar-refractivity contribution in [3.63, 3.8) is 0 Å². The van der Waals surface area contributed by atoms with Gasteiger partial charge in [0.2, 0.25) is 0 Å². The van der Waals surface area contributed by atoms with E-state index in [0.717, 1.165) is 0 Å². The van der Waals surface area contributed by atoms with E-state index in [9.17, 15) is 18.3 Å². The van der Waals surface area contributed by atoms with E-state index in [1.807, 2.05) is 0 Å². The normalized spacial score (nSPS) is 21.2. The lowest BCUT2D eigenvalue weighted by molar-refractivity contribution is 0.0948. The number of rotatable bonds is 3. The van der Waals surface area contributed by atoms with Crippen LogP contribution in [0.1, 0.15) is 16.8 Å². The highest BCUT2D eigenvalue weighted by atomic mass is 79.9. The zero-order chi connectivity index (χ0) is 14.0. The summed E-state index contributed by atoms with van der Waals surface area (Å²) in [4.78, 5) is 11.8. The van der Waals surface area contributed by atoms with Gasteiger partial charge in [0.25, 0.3) is 5.91 Å². The zero-order valence-corrected chi connectivity index (χ0v) is 12.5. The molecule has 19 heavy (non-hydrogen) atoms. The highest BCUT2D eigenvalue weighted by molar-refractivity contribution is 9.10. The number of carbonyl (C=O) groups is 1. The molecule has 1 heterocycles. The van der Waals surface area contributed by atoms with Crippen LogP contribution in [0.3, 0.4) is 0 Å². The van der Waals surface area contributed by atoms with Gasteiger partial charge in [-0.15, -0.1) is 0 Å². The quantitative estimate of drug-likeness (QED) is 0.863. The monoisotopic (exact) mass is 347 g/mol. The van der Waals surface area contributed by atoms with Gasteiger partial charge in [-0.2, -0.15) is 0 Å². The lowest BCUT2D eigenvalue weighted by atomic mass is 10.1. The predicted octanol–water partition coefficient (Wildman–Crippen LogP) is 1.32. The average molecular weight is 348 g/mol. The van der Waals surface area contributed by atoms with E-state index in [-0.39, 0.29) is 29.1 Å². The molecule has 1 amide bonds. The van der Waals surface area contributed by atoms with Gasteiger partial charge in [0, 0.05) is 12.1 Å². The van der Waals surface area contributed by atoms with Crippen molar-refractivity contribution in [2.45, 2.75) is 6.42 Å². The Morgan fingerprint density at radius 1 is 1.47 bits per heavy atom. The maximum atomic E-state index is 11.8. The van der Waals surface area contributed by atoms with Gasteiger partial charge in [-0.25, -0.2) is 8.42 Å². The number of hydrogen-bond donors (Lipinski definition) is 2. The zero-order valence-electron chi connectivity index (χ0n) is 10.1. The van der Waals surface area contributed by atoms with Gasteiger partial charge >= 0.3 is 0 Å². The Hall–Kier alpha value is -1.08. The molecule has 0 aromatic heterocycles. The van der Waals surface area contributed by atoms with Gasteiger partial charge in [-0.3, -0.25) is 4.79 Å². The number of phenolic OH excluding ortho intramolecular Hbond substituents is 1. The van der Waals surface area contributed by atoms with Gasteiger partial charge in [0.05, 0.1) is 16.0 Å². The van der Waals surface area contributed by atoms with Crippen LogP contribution >= 0.6 is 15.9 Å². The van der Waals surface area contributed by atoms with Crippen molar-refractivity contribution in [3.05, 3.63) is 28.2 Å². The second kappa shape index (κ2) is 5.50. The molecule has 7 heteroatoms. The van der Waals surface area contributed by atoms with Crippen molar-refractivity contribution < 1.29 is 18.3 Å². The van der Waals surface area contributed by atoms with Crippen LogP contribution in [0.5, 0.6) is 5.75 Å². The Morgan fingerprint density at radius 2 is 2.21 bits per heavy atom. The highest BCUT2D eigenvalue weighted by Crippen LogP contribution is 2.24. The molecule has 104 valence electrons. The van der Waals surface area contributed by atoms with Gasteiger partial charge in [-0.1, -0.05) is 0 Å². The minimum Gasteiger partial charge on any atom is -0.507 e. The number of nitrogens with one attached hydrogen (secondary N) is 1. The fraction of sp³-hybridized carbons (Fsp3) is 0.417. The van der Waals surface area contributed by atoms with E-state index in [2.05, 4.69) is 21.2 Å². The van der Waals surface area contributed by atoms with Crippen LogP contribution in [0.2, 0.25) is 0 Å². The molecule has 5 nitrogen and oxygen atoms in total.